The fraction of sp³-hybridized carbons (Fsp3) is 0.333. The molecule has 3 rings (SSSR count). The molecule has 0 amide bonds. The van der Waals surface area contributed by atoms with E-state index < -0.39 is 0 Å². The lowest BCUT2D eigenvalue weighted by Crippen LogP contribution is -2.25. The number of hydrogen-bond acceptors (Lipinski definition) is 3. The van der Waals surface area contributed by atoms with Crippen LogP contribution in [0.3, 0.4) is 0 Å². The van der Waals surface area contributed by atoms with Crippen LogP contribution >= 0.6 is 0 Å². The van der Waals surface area contributed by atoms with Gasteiger partial charge >= 0.3 is 0 Å². The summed E-state index contributed by atoms with van der Waals surface area (Å²) in [5.74, 6) is 1.72. The first-order valence-corrected chi connectivity index (χ1v) is 7.57. The molecule has 1 aliphatic heterocycles. The molecule has 2 aromatic rings. The number of rotatable bonds is 5. The van der Waals surface area contributed by atoms with Crippen molar-refractivity contribution in [1.29, 1.82) is 0 Å². The van der Waals surface area contributed by atoms with Crippen LogP contribution in [0.1, 0.15) is 30.5 Å². The second-order valence-electron chi connectivity index (χ2n) is 5.17. The summed E-state index contributed by atoms with van der Waals surface area (Å²) in [5.41, 5.74) is 2.39. The van der Waals surface area contributed by atoms with Crippen molar-refractivity contribution >= 4 is 0 Å². The Bertz CT molecular complexity index is 583. The highest BCUT2D eigenvalue weighted by Crippen LogP contribution is 2.38. The van der Waals surface area contributed by atoms with Crippen molar-refractivity contribution in [3.05, 3.63) is 59.7 Å². The van der Waals surface area contributed by atoms with Gasteiger partial charge in [0.2, 0.25) is 0 Å². The van der Waals surface area contributed by atoms with E-state index in [1.807, 2.05) is 18.2 Å². The summed E-state index contributed by atoms with van der Waals surface area (Å²) >= 11 is 0. The quantitative estimate of drug-likeness (QED) is 0.910. The number of nitrogens with one attached hydrogen (secondary N) is 1. The molecule has 0 radical (unpaired) electrons. The third-order valence-corrected chi connectivity index (χ3v) is 3.64. The largest absolute Gasteiger partial charge is 0.486 e. The Labute approximate surface area is 125 Å². The average molecular weight is 283 g/mol. The van der Waals surface area contributed by atoms with Crippen LogP contribution in [0.4, 0.5) is 0 Å². The summed E-state index contributed by atoms with van der Waals surface area (Å²) in [5, 5.41) is 3.62. The molecule has 1 heterocycles. The van der Waals surface area contributed by atoms with E-state index in [2.05, 4.69) is 42.6 Å². The van der Waals surface area contributed by atoms with Crippen molar-refractivity contribution in [2.24, 2.45) is 0 Å². The highest BCUT2D eigenvalue weighted by Gasteiger charge is 2.22. The summed E-state index contributed by atoms with van der Waals surface area (Å²) in [6, 6.07) is 16.7. The minimum Gasteiger partial charge on any atom is -0.486 e. The molecule has 21 heavy (non-hydrogen) atoms. The van der Waals surface area contributed by atoms with E-state index in [0.717, 1.165) is 30.0 Å². The number of para-hydroxylation sites is 1. The Kier molecular flexibility index (Phi) is 4.41. The molecule has 1 atom stereocenters. The number of hydrogen-bond donors (Lipinski definition) is 1. The van der Waals surface area contributed by atoms with Crippen molar-refractivity contribution < 1.29 is 9.47 Å². The molecule has 2 aromatic carbocycles. The monoisotopic (exact) mass is 283 g/mol. The summed E-state index contributed by atoms with van der Waals surface area (Å²) < 4.78 is 11.6. The van der Waals surface area contributed by atoms with E-state index in [1.54, 1.807) is 0 Å². The minimum atomic E-state index is 0.128. The van der Waals surface area contributed by atoms with Crippen LogP contribution in [0.2, 0.25) is 0 Å². The van der Waals surface area contributed by atoms with Gasteiger partial charge in [-0.2, -0.15) is 0 Å². The van der Waals surface area contributed by atoms with Crippen LogP contribution in [0.15, 0.2) is 48.5 Å². The van der Waals surface area contributed by atoms with Crippen LogP contribution < -0.4 is 14.8 Å². The van der Waals surface area contributed by atoms with E-state index in [1.165, 1.54) is 5.56 Å². The number of fused-ring (bicyclic) bond motifs is 1. The molecule has 0 spiro atoms. The topological polar surface area (TPSA) is 30.5 Å². The van der Waals surface area contributed by atoms with Crippen LogP contribution in [-0.4, -0.2) is 19.8 Å². The highest BCUT2D eigenvalue weighted by molar-refractivity contribution is 5.51. The summed E-state index contributed by atoms with van der Waals surface area (Å²) in [6.07, 6.45) is 1.09. The van der Waals surface area contributed by atoms with Gasteiger partial charge in [-0.25, -0.2) is 0 Å². The lowest BCUT2D eigenvalue weighted by Gasteiger charge is -2.26. The third-order valence-electron chi connectivity index (χ3n) is 3.64. The fourth-order valence-corrected chi connectivity index (χ4v) is 2.67. The molecule has 110 valence electrons. The predicted octanol–water partition coefficient (Wildman–Crippen LogP) is 3.55. The maximum Gasteiger partial charge on any atom is 0.166 e. The molecule has 1 aliphatic rings. The second-order valence-corrected chi connectivity index (χ2v) is 5.17. The van der Waals surface area contributed by atoms with Crippen molar-refractivity contribution in [2.45, 2.75) is 19.4 Å². The van der Waals surface area contributed by atoms with Gasteiger partial charge in [0.05, 0.1) is 6.04 Å². The van der Waals surface area contributed by atoms with Crippen LogP contribution in [-0.2, 0) is 0 Å². The van der Waals surface area contributed by atoms with E-state index in [-0.39, 0.29) is 6.04 Å². The second kappa shape index (κ2) is 6.64. The van der Waals surface area contributed by atoms with Crippen molar-refractivity contribution in [2.75, 3.05) is 19.8 Å². The van der Waals surface area contributed by atoms with Gasteiger partial charge in [-0.15, -0.1) is 0 Å². The minimum absolute atomic E-state index is 0.128. The molecule has 3 nitrogen and oxygen atoms in total. The van der Waals surface area contributed by atoms with Crippen molar-refractivity contribution in [3.8, 4) is 11.5 Å². The Morgan fingerprint density at radius 1 is 1.00 bits per heavy atom. The Morgan fingerprint density at radius 3 is 2.62 bits per heavy atom. The maximum atomic E-state index is 5.87. The van der Waals surface area contributed by atoms with Gasteiger partial charge in [0.1, 0.15) is 13.2 Å². The van der Waals surface area contributed by atoms with Gasteiger partial charge < -0.3 is 14.8 Å². The van der Waals surface area contributed by atoms with Gasteiger partial charge in [-0.05, 0) is 24.6 Å². The van der Waals surface area contributed by atoms with Crippen molar-refractivity contribution in [3.63, 3.8) is 0 Å². The standard InChI is InChI=1S/C18H21NO2/c1-2-11-19-17(14-7-4-3-5-8-14)15-9-6-10-16-18(15)21-13-12-20-16/h3-10,17,19H,2,11-13H2,1H3. The Morgan fingerprint density at radius 2 is 1.81 bits per heavy atom. The lowest BCUT2D eigenvalue weighted by atomic mass is 9.97. The first kappa shape index (κ1) is 14.0. The van der Waals surface area contributed by atoms with E-state index in [0.29, 0.717) is 13.2 Å². The van der Waals surface area contributed by atoms with E-state index >= 15 is 0 Å². The van der Waals surface area contributed by atoms with Gasteiger partial charge in [-0.1, -0.05) is 49.4 Å². The maximum absolute atomic E-state index is 5.87. The summed E-state index contributed by atoms with van der Waals surface area (Å²) in [7, 11) is 0. The van der Waals surface area contributed by atoms with E-state index in [9.17, 15) is 0 Å². The first-order chi connectivity index (χ1) is 10.4. The zero-order valence-electron chi connectivity index (χ0n) is 12.3. The van der Waals surface area contributed by atoms with Gasteiger partial charge in [-0.3, -0.25) is 0 Å². The normalized spacial score (nSPS) is 14.7. The SMILES string of the molecule is CCCNC(c1ccccc1)c1cccc2c1OCCO2. The average Bonchev–Trinajstić information content (AvgIpc) is 2.56. The van der Waals surface area contributed by atoms with Crippen LogP contribution in [0, 0.1) is 0 Å². The molecule has 3 heteroatoms. The van der Waals surface area contributed by atoms with Gasteiger partial charge in [0, 0.05) is 5.56 Å². The van der Waals surface area contributed by atoms with E-state index in [4.69, 9.17) is 9.47 Å². The summed E-state index contributed by atoms with van der Waals surface area (Å²) in [6.45, 7) is 4.37. The third kappa shape index (κ3) is 3.03. The van der Waals surface area contributed by atoms with Crippen molar-refractivity contribution in [1.82, 2.24) is 5.32 Å². The molecule has 0 bridgehead atoms. The lowest BCUT2D eigenvalue weighted by molar-refractivity contribution is 0.169. The van der Waals surface area contributed by atoms with Gasteiger partial charge in [0.15, 0.2) is 11.5 Å². The molecule has 1 N–H and O–H groups in total. The van der Waals surface area contributed by atoms with Crippen LogP contribution in [0.25, 0.3) is 0 Å². The van der Waals surface area contributed by atoms with Gasteiger partial charge in [0.25, 0.3) is 0 Å². The molecule has 0 saturated heterocycles. The number of ether oxygens (including phenoxy) is 2. The fourth-order valence-electron chi connectivity index (χ4n) is 2.67. The van der Waals surface area contributed by atoms with Crippen LogP contribution in [0.5, 0.6) is 11.5 Å². The molecule has 0 fully saturated rings. The smallest absolute Gasteiger partial charge is 0.166 e. The number of benzene rings is 2. The molecule has 0 aromatic heterocycles. The summed E-state index contributed by atoms with van der Waals surface area (Å²) in [4.78, 5) is 0. The Hall–Kier alpha value is -2.00. The molecule has 0 aliphatic carbocycles. The zero-order valence-corrected chi connectivity index (χ0v) is 12.3. The molecular weight excluding hydrogens is 262 g/mol. The predicted molar refractivity (Wildman–Crippen MR) is 84.0 cm³/mol. The first-order valence-electron chi connectivity index (χ1n) is 7.57. The highest BCUT2D eigenvalue weighted by atomic mass is 16.6. The molecule has 0 saturated carbocycles. The Balaban J connectivity index is 2.00. The zero-order chi connectivity index (χ0) is 14.5. The molecular formula is C18H21NO2. The molecule has 1 unspecified atom stereocenters.